The van der Waals surface area contributed by atoms with E-state index in [1.165, 1.54) is 116 Å². The van der Waals surface area contributed by atoms with Crippen LogP contribution in [0.3, 0.4) is 0 Å². The van der Waals surface area contributed by atoms with Crippen LogP contribution in [0.4, 0.5) is 0 Å². The van der Waals surface area contributed by atoms with E-state index in [2.05, 4.69) is 62.5 Å². The number of allylic oxidation sites excluding steroid dienone is 8. The molecule has 0 aromatic carbocycles. The quantitative estimate of drug-likeness (QED) is 0.0171. The predicted molar refractivity (Wildman–Crippen MR) is 298 cm³/mol. The lowest BCUT2D eigenvalue weighted by Crippen LogP contribution is -2.61. The predicted octanol–water partition coefficient (Wildman–Crippen LogP) is 10.6. The molecule has 0 saturated carbocycles. The van der Waals surface area contributed by atoms with Crippen molar-refractivity contribution in [3.63, 3.8) is 0 Å². The van der Waals surface area contributed by atoms with Gasteiger partial charge in [0.1, 0.15) is 55.4 Å². The molecular weight excluding hydrogens is 973 g/mol. The highest BCUT2D eigenvalue weighted by molar-refractivity contribution is 5.70. The third kappa shape index (κ3) is 33.8. The molecule has 15 nitrogen and oxygen atoms in total. The Morgan fingerprint density at radius 2 is 0.829 bits per heavy atom. The smallest absolute Gasteiger partial charge is 0.306 e. The Morgan fingerprint density at radius 1 is 0.434 bits per heavy atom. The molecule has 15 heteroatoms. The van der Waals surface area contributed by atoms with Crippen LogP contribution < -0.4 is 0 Å². The first kappa shape index (κ1) is 69.6. The summed E-state index contributed by atoms with van der Waals surface area (Å²) < 4.78 is 33.7. The first-order chi connectivity index (χ1) is 37.0. The molecule has 0 amide bonds. The molecule has 2 aliphatic rings. The summed E-state index contributed by atoms with van der Waals surface area (Å²) in [6, 6.07) is 0. The minimum Gasteiger partial charge on any atom is -0.462 e. The van der Waals surface area contributed by atoms with Gasteiger partial charge in [0.05, 0.1) is 19.8 Å². The number of rotatable bonds is 48. The van der Waals surface area contributed by atoms with Crippen LogP contribution in [-0.2, 0) is 38.0 Å². The van der Waals surface area contributed by atoms with Crippen LogP contribution in [0.2, 0.25) is 0 Å². The van der Waals surface area contributed by atoms with Crippen molar-refractivity contribution in [2.45, 2.75) is 300 Å². The number of esters is 2. The Kier molecular flexibility index (Phi) is 43.3. The highest BCUT2D eigenvalue weighted by atomic mass is 16.7. The zero-order valence-electron chi connectivity index (χ0n) is 47.2. The van der Waals surface area contributed by atoms with Gasteiger partial charge in [0, 0.05) is 12.8 Å². The third-order valence-corrected chi connectivity index (χ3v) is 14.3. The summed E-state index contributed by atoms with van der Waals surface area (Å²) in [4.78, 5) is 25.9. The van der Waals surface area contributed by atoms with Gasteiger partial charge < -0.3 is 64.2 Å². The summed E-state index contributed by atoms with van der Waals surface area (Å²) in [5.41, 5.74) is 0. The fraction of sp³-hybridized carbons (Fsp3) is 0.836. The molecular formula is C61H108O15. The highest BCUT2D eigenvalue weighted by Crippen LogP contribution is 2.27. The molecule has 7 N–H and O–H groups in total. The minimum atomic E-state index is -1.77. The lowest BCUT2D eigenvalue weighted by atomic mass is 9.98. The molecule has 11 unspecified atom stereocenters. The van der Waals surface area contributed by atoms with Crippen molar-refractivity contribution in [2.75, 3.05) is 26.4 Å². The number of unbranched alkanes of at least 4 members (excludes halogenated alkanes) is 26. The van der Waals surface area contributed by atoms with Gasteiger partial charge in [0.15, 0.2) is 18.7 Å². The molecule has 0 spiro atoms. The summed E-state index contributed by atoms with van der Waals surface area (Å²) in [5, 5.41) is 72.3. The number of carbonyl (C=O) groups is 2. The lowest BCUT2D eigenvalue weighted by molar-refractivity contribution is -0.332. The maximum atomic E-state index is 13.1. The van der Waals surface area contributed by atoms with Gasteiger partial charge >= 0.3 is 11.9 Å². The van der Waals surface area contributed by atoms with E-state index < -0.39 is 92.7 Å². The second-order valence-electron chi connectivity index (χ2n) is 21.2. The molecule has 0 radical (unpaired) electrons. The first-order valence-electron chi connectivity index (χ1n) is 30.2. The van der Waals surface area contributed by atoms with E-state index >= 15 is 0 Å². The summed E-state index contributed by atoms with van der Waals surface area (Å²) in [6.07, 6.45) is 38.4. The largest absolute Gasteiger partial charge is 0.462 e. The normalized spacial score (nSPS) is 24.6. The Bertz CT molecular complexity index is 1500. The van der Waals surface area contributed by atoms with Gasteiger partial charge in [-0.2, -0.15) is 0 Å². The van der Waals surface area contributed by atoms with Crippen molar-refractivity contribution in [1.29, 1.82) is 0 Å². The molecule has 0 aromatic heterocycles. The molecule has 0 bridgehead atoms. The molecule has 2 fully saturated rings. The molecule has 2 saturated heterocycles. The zero-order valence-corrected chi connectivity index (χ0v) is 47.2. The maximum absolute atomic E-state index is 13.1. The van der Waals surface area contributed by atoms with Crippen LogP contribution in [0.5, 0.6) is 0 Å². The van der Waals surface area contributed by atoms with Gasteiger partial charge in [0.2, 0.25) is 0 Å². The fourth-order valence-electron chi connectivity index (χ4n) is 9.45. The van der Waals surface area contributed by atoms with Crippen LogP contribution in [0.1, 0.15) is 232 Å². The Morgan fingerprint density at radius 3 is 1.30 bits per heavy atom. The van der Waals surface area contributed by atoms with Crippen molar-refractivity contribution in [1.82, 2.24) is 0 Å². The van der Waals surface area contributed by atoms with E-state index in [0.717, 1.165) is 77.0 Å². The topological polar surface area (TPSA) is 231 Å². The highest BCUT2D eigenvalue weighted by Gasteiger charge is 2.47. The summed E-state index contributed by atoms with van der Waals surface area (Å²) in [6.45, 7) is 2.52. The van der Waals surface area contributed by atoms with Crippen molar-refractivity contribution >= 4 is 11.9 Å². The number of hydrogen-bond acceptors (Lipinski definition) is 15. The minimum absolute atomic E-state index is 0.161. The van der Waals surface area contributed by atoms with Crippen molar-refractivity contribution in [2.24, 2.45) is 0 Å². The van der Waals surface area contributed by atoms with Gasteiger partial charge in [-0.25, -0.2) is 0 Å². The molecule has 442 valence electrons. The van der Waals surface area contributed by atoms with E-state index in [9.17, 15) is 45.3 Å². The van der Waals surface area contributed by atoms with E-state index in [-0.39, 0.29) is 26.1 Å². The van der Waals surface area contributed by atoms with E-state index in [1.807, 2.05) is 0 Å². The summed E-state index contributed by atoms with van der Waals surface area (Å²) >= 11 is 0. The third-order valence-electron chi connectivity index (χ3n) is 14.3. The van der Waals surface area contributed by atoms with Crippen LogP contribution >= 0.6 is 0 Å². The number of ether oxygens (including phenoxy) is 6. The van der Waals surface area contributed by atoms with E-state index in [1.54, 1.807) is 0 Å². The maximum Gasteiger partial charge on any atom is 0.306 e. The van der Waals surface area contributed by atoms with Crippen LogP contribution in [0, 0.1) is 0 Å². The van der Waals surface area contributed by atoms with Crippen LogP contribution in [0.25, 0.3) is 0 Å². The molecule has 2 heterocycles. The Balaban J connectivity index is 1.73. The average molecular weight is 1080 g/mol. The number of aliphatic hydroxyl groups is 7. The first-order valence-corrected chi connectivity index (χ1v) is 30.2. The van der Waals surface area contributed by atoms with Crippen molar-refractivity contribution in [3.8, 4) is 0 Å². The molecule has 0 aromatic rings. The molecule has 11 atom stereocenters. The molecule has 76 heavy (non-hydrogen) atoms. The standard InChI is InChI=1S/C61H108O15/c1-3-5-7-9-11-13-15-17-19-21-22-23-24-25-26-28-30-32-34-36-38-40-42-44-53(64)74-49(46-71-52(63)43-41-39-37-35-33-31-29-27-20-18-16-14-12-10-8-6-4-2)47-72-60-59(70)57(68)55(66)51(76-60)48-73-61-58(69)56(67)54(65)50(45-62)75-61/h5,7,11,13,17,19,22-23,49-51,54-62,65-70H,3-4,6,8-10,12,14-16,18,20-21,24-48H2,1-2H3/b7-5-,13-11-,19-17-,23-22-. The van der Waals surface area contributed by atoms with Gasteiger partial charge in [0.25, 0.3) is 0 Å². The molecule has 0 aliphatic carbocycles. The second kappa shape index (κ2) is 47.3. The summed E-state index contributed by atoms with van der Waals surface area (Å²) in [7, 11) is 0. The van der Waals surface area contributed by atoms with Crippen molar-refractivity contribution in [3.05, 3.63) is 48.6 Å². The van der Waals surface area contributed by atoms with Gasteiger partial charge in [-0.1, -0.05) is 217 Å². The number of hydrogen-bond donors (Lipinski definition) is 7. The summed E-state index contributed by atoms with van der Waals surface area (Å²) in [5.74, 6) is -0.920. The Hall–Kier alpha value is -2.54. The van der Waals surface area contributed by atoms with Gasteiger partial charge in [-0.3, -0.25) is 9.59 Å². The van der Waals surface area contributed by atoms with Crippen LogP contribution in [-0.4, -0.2) is 142 Å². The number of carbonyl (C=O) groups excluding carboxylic acids is 2. The molecule has 2 rings (SSSR count). The molecule has 2 aliphatic heterocycles. The van der Waals surface area contributed by atoms with Gasteiger partial charge in [-0.05, 0) is 51.4 Å². The SMILES string of the molecule is CC/C=C\C/C=C\C/C=C\C/C=C\CCCCCCCCCCCCC(=O)OC(COC(=O)CCCCCCCCCCCCCCCCCCC)COC1OC(COC2OC(CO)C(O)C(O)C2O)C(O)C(O)C1O. The Labute approximate surface area is 458 Å². The second-order valence-corrected chi connectivity index (χ2v) is 21.2. The van der Waals surface area contributed by atoms with Crippen LogP contribution in [0.15, 0.2) is 48.6 Å². The zero-order chi connectivity index (χ0) is 55.3. The van der Waals surface area contributed by atoms with Crippen molar-refractivity contribution < 1.29 is 73.8 Å². The van der Waals surface area contributed by atoms with E-state index in [0.29, 0.717) is 12.8 Å². The lowest BCUT2D eigenvalue weighted by Gasteiger charge is -2.42. The monoisotopic (exact) mass is 1080 g/mol. The van der Waals surface area contributed by atoms with E-state index in [4.69, 9.17) is 28.4 Å². The average Bonchev–Trinajstić information content (AvgIpc) is 3.41. The fourth-order valence-corrected chi connectivity index (χ4v) is 9.45. The van der Waals surface area contributed by atoms with Gasteiger partial charge in [-0.15, -0.1) is 0 Å². The number of aliphatic hydroxyl groups excluding tert-OH is 7.